The van der Waals surface area contributed by atoms with Crippen LogP contribution >= 0.6 is 11.6 Å². The zero-order valence-electron chi connectivity index (χ0n) is 13.2. The van der Waals surface area contributed by atoms with E-state index in [0.29, 0.717) is 5.69 Å². The van der Waals surface area contributed by atoms with Gasteiger partial charge in [-0.1, -0.05) is 29.8 Å². The van der Waals surface area contributed by atoms with Gasteiger partial charge in [0.15, 0.2) is 6.61 Å². The second-order valence-electron chi connectivity index (χ2n) is 5.13. The number of ether oxygens (including phenoxy) is 1. The number of primary sulfonamides is 1. The van der Waals surface area contributed by atoms with Crippen molar-refractivity contribution in [1.29, 1.82) is 0 Å². The molecule has 132 valence electrons. The largest absolute Gasteiger partial charge is 0.452 e. The molecule has 0 unspecified atom stereocenters. The van der Waals surface area contributed by atoms with Gasteiger partial charge in [0.1, 0.15) is 0 Å². The molecule has 0 aliphatic carbocycles. The summed E-state index contributed by atoms with van der Waals surface area (Å²) in [6, 6.07) is 10.5. The Morgan fingerprint density at radius 1 is 1.20 bits per heavy atom. The fourth-order valence-electron chi connectivity index (χ4n) is 1.95. The molecular weight excluding hydrogens is 368 g/mol. The second-order valence-corrected chi connectivity index (χ2v) is 7.09. The van der Waals surface area contributed by atoms with Gasteiger partial charge in [0, 0.05) is 5.69 Å². The van der Waals surface area contributed by atoms with E-state index in [1.54, 1.807) is 12.1 Å². The molecule has 1 amide bonds. The Bertz CT molecular complexity index is 928. The molecule has 0 saturated carbocycles. The highest BCUT2D eigenvalue weighted by Crippen LogP contribution is 2.21. The first-order valence-corrected chi connectivity index (χ1v) is 8.96. The van der Waals surface area contributed by atoms with E-state index >= 15 is 0 Å². The molecule has 3 N–H and O–H groups in total. The van der Waals surface area contributed by atoms with E-state index in [4.69, 9.17) is 21.5 Å². The molecule has 2 aromatic carbocycles. The van der Waals surface area contributed by atoms with Crippen LogP contribution in [0.15, 0.2) is 47.4 Å². The lowest BCUT2D eigenvalue weighted by atomic mass is 10.2. The quantitative estimate of drug-likeness (QED) is 0.768. The van der Waals surface area contributed by atoms with Crippen molar-refractivity contribution in [3.63, 3.8) is 0 Å². The molecule has 7 nitrogen and oxygen atoms in total. The van der Waals surface area contributed by atoms with Crippen molar-refractivity contribution in [3.05, 3.63) is 58.6 Å². The Balaban J connectivity index is 2.05. The van der Waals surface area contributed by atoms with E-state index in [1.807, 2.05) is 19.1 Å². The van der Waals surface area contributed by atoms with Crippen molar-refractivity contribution < 1.29 is 22.7 Å². The molecule has 2 aromatic rings. The van der Waals surface area contributed by atoms with Gasteiger partial charge in [0.2, 0.25) is 10.0 Å². The summed E-state index contributed by atoms with van der Waals surface area (Å²) in [5.74, 6) is -1.48. The standard InChI is InChI=1S/C16H15ClN2O5S/c1-10-4-2-3-5-14(10)19-15(20)9-24-16(21)12-8-11(25(18,22)23)6-7-13(12)17/h2-8H,9H2,1H3,(H,19,20)(H2,18,22,23). The third-order valence-corrected chi connectivity index (χ3v) is 4.48. The van der Waals surface area contributed by atoms with Crippen LogP contribution in [-0.2, 0) is 19.6 Å². The molecule has 0 heterocycles. The minimum absolute atomic E-state index is 0.0169. The Labute approximate surface area is 149 Å². The van der Waals surface area contributed by atoms with E-state index in [1.165, 1.54) is 12.1 Å². The lowest BCUT2D eigenvalue weighted by molar-refractivity contribution is -0.119. The minimum Gasteiger partial charge on any atom is -0.452 e. The third-order valence-electron chi connectivity index (χ3n) is 3.24. The first kappa shape index (κ1) is 18.9. The van der Waals surface area contributed by atoms with Crippen molar-refractivity contribution in [1.82, 2.24) is 0 Å². The molecule has 0 aliphatic rings. The summed E-state index contributed by atoms with van der Waals surface area (Å²) in [5, 5.41) is 7.60. The highest BCUT2D eigenvalue weighted by Gasteiger charge is 2.18. The van der Waals surface area contributed by atoms with Gasteiger partial charge < -0.3 is 10.1 Å². The summed E-state index contributed by atoms with van der Waals surface area (Å²) in [6.45, 7) is 1.27. The normalized spacial score (nSPS) is 11.0. The molecule has 25 heavy (non-hydrogen) atoms. The van der Waals surface area contributed by atoms with Crippen LogP contribution < -0.4 is 10.5 Å². The van der Waals surface area contributed by atoms with Gasteiger partial charge >= 0.3 is 5.97 Å². The number of hydrogen-bond donors (Lipinski definition) is 2. The summed E-state index contributed by atoms with van der Waals surface area (Å²) < 4.78 is 27.6. The summed E-state index contributed by atoms with van der Waals surface area (Å²) in [4.78, 5) is 23.6. The predicted molar refractivity (Wildman–Crippen MR) is 92.9 cm³/mol. The molecule has 0 spiro atoms. The maximum absolute atomic E-state index is 12.0. The number of carbonyl (C=O) groups excluding carboxylic acids is 2. The summed E-state index contributed by atoms with van der Waals surface area (Å²) in [6.07, 6.45) is 0. The molecule has 2 rings (SSSR count). The Morgan fingerprint density at radius 2 is 1.88 bits per heavy atom. The number of para-hydroxylation sites is 1. The predicted octanol–water partition coefficient (Wildman–Crippen LogP) is 2.09. The van der Waals surface area contributed by atoms with Gasteiger partial charge in [-0.15, -0.1) is 0 Å². The summed E-state index contributed by atoms with van der Waals surface area (Å²) in [5.41, 5.74) is 1.25. The molecule has 0 aliphatic heterocycles. The molecule has 0 atom stereocenters. The first-order chi connectivity index (χ1) is 11.7. The van der Waals surface area contributed by atoms with Crippen LogP contribution in [0.25, 0.3) is 0 Å². The third kappa shape index (κ3) is 5.02. The van der Waals surface area contributed by atoms with Gasteiger partial charge in [-0.25, -0.2) is 18.4 Å². The van der Waals surface area contributed by atoms with Crippen LogP contribution in [0, 0.1) is 6.92 Å². The maximum Gasteiger partial charge on any atom is 0.340 e. The van der Waals surface area contributed by atoms with Gasteiger partial charge in [-0.3, -0.25) is 4.79 Å². The van der Waals surface area contributed by atoms with Crippen LogP contribution in [-0.4, -0.2) is 26.9 Å². The number of hydrogen-bond acceptors (Lipinski definition) is 5. The second kappa shape index (κ2) is 7.64. The van der Waals surface area contributed by atoms with Crippen LogP contribution in [0.2, 0.25) is 5.02 Å². The molecular formula is C16H15ClN2O5S. The van der Waals surface area contributed by atoms with Gasteiger partial charge in [-0.2, -0.15) is 0 Å². The number of anilines is 1. The summed E-state index contributed by atoms with van der Waals surface area (Å²) >= 11 is 5.87. The lowest BCUT2D eigenvalue weighted by Crippen LogP contribution is -2.21. The zero-order chi connectivity index (χ0) is 18.6. The van der Waals surface area contributed by atoms with Gasteiger partial charge in [0.25, 0.3) is 5.91 Å². The number of nitrogens with two attached hydrogens (primary N) is 1. The maximum atomic E-state index is 12.0. The molecule has 0 bridgehead atoms. The average molecular weight is 383 g/mol. The van der Waals surface area contributed by atoms with Gasteiger partial charge in [-0.05, 0) is 36.8 Å². The number of rotatable bonds is 5. The van der Waals surface area contributed by atoms with Crippen molar-refractivity contribution in [2.24, 2.45) is 5.14 Å². The number of amides is 1. The molecule has 0 radical (unpaired) electrons. The van der Waals surface area contributed by atoms with E-state index in [-0.39, 0.29) is 15.5 Å². The van der Waals surface area contributed by atoms with Crippen molar-refractivity contribution in [2.45, 2.75) is 11.8 Å². The first-order valence-electron chi connectivity index (χ1n) is 7.03. The number of nitrogens with one attached hydrogen (secondary N) is 1. The van der Waals surface area contributed by atoms with Crippen molar-refractivity contribution in [3.8, 4) is 0 Å². The number of benzene rings is 2. The number of sulfonamides is 1. The van der Waals surface area contributed by atoms with Crippen molar-refractivity contribution >= 4 is 39.2 Å². The number of carbonyl (C=O) groups is 2. The highest BCUT2D eigenvalue weighted by molar-refractivity contribution is 7.89. The monoisotopic (exact) mass is 382 g/mol. The fourth-order valence-corrected chi connectivity index (χ4v) is 2.68. The van der Waals surface area contributed by atoms with Gasteiger partial charge in [0.05, 0.1) is 15.5 Å². The molecule has 0 saturated heterocycles. The Hall–Kier alpha value is -2.42. The Kier molecular flexibility index (Phi) is 5.78. The molecule has 9 heteroatoms. The van der Waals surface area contributed by atoms with E-state index < -0.39 is 28.5 Å². The van der Waals surface area contributed by atoms with Crippen LogP contribution in [0.1, 0.15) is 15.9 Å². The van der Waals surface area contributed by atoms with E-state index in [2.05, 4.69) is 5.32 Å². The van der Waals surface area contributed by atoms with E-state index in [9.17, 15) is 18.0 Å². The molecule has 0 fully saturated rings. The number of esters is 1. The zero-order valence-corrected chi connectivity index (χ0v) is 14.7. The van der Waals surface area contributed by atoms with Crippen LogP contribution in [0.3, 0.4) is 0 Å². The van der Waals surface area contributed by atoms with Crippen LogP contribution in [0.4, 0.5) is 5.69 Å². The SMILES string of the molecule is Cc1ccccc1NC(=O)COC(=O)c1cc(S(N)(=O)=O)ccc1Cl. The topological polar surface area (TPSA) is 116 Å². The summed E-state index contributed by atoms with van der Waals surface area (Å²) in [7, 11) is -4.00. The average Bonchev–Trinajstić information content (AvgIpc) is 2.54. The minimum atomic E-state index is -4.00. The fraction of sp³-hybridized carbons (Fsp3) is 0.125. The lowest BCUT2D eigenvalue weighted by Gasteiger charge is -2.10. The highest BCUT2D eigenvalue weighted by atomic mass is 35.5. The smallest absolute Gasteiger partial charge is 0.340 e. The molecule has 0 aromatic heterocycles. The van der Waals surface area contributed by atoms with Crippen molar-refractivity contribution in [2.75, 3.05) is 11.9 Å². The van der Waals surface area contributed by atoms with Crippen LogP contribution in [0.5, 0.6) is 0 Å². The van der Waals surface area contributed by atoms with E-state index in [0.717, 1.165) is 11.6 Å². The number of aryl methyl sites for hydroxylation is 1. The Morgan fingerprint density at radius 3 is 2.52 bits per heavy atom. The number of halogens is 1.